The first kappa shape index (κ1) is 20.0. The molecule has 0 bridgehead atoms. The molecular formula is C21H17Cl2FN4S. The number of nitrogens with one attached hydrogen (secondary N) is 1. The number of aromatic nitrogens is 1. The number of halogens is 3. The molecule has 148 valence electrons. The second-order valence-electron chi connectivity index (χ2n) is 6.62. The third kappa shape index (κ3) is 4.20. The smallest absolute Gasteiger partial charge is 0.155 e. The van der Waals surface area contributed by atoms with Crippen molar-refractivity contribution in [1.29, 1.82) is 0 Å². The van der Waals surface area contributed by atoms with Crippen LogP contribution in [0.5, 0.6) is 0 Å². The molecule has 0 radical (unpaired) electrons. The zero-order valence-corrected chi connectivity index (χ0v) is 17.5. The number of anilines is 1. The molecule has 1 aliphatic heterocycles. The van der Waals surface area contributed by atoms with E-state index < -0.39 is 5.54 Å². The number of amidine groups is 1. The lowest BCUT2D eigenvalue weighted by Crippen LogP contribution is -2.26. The number of aliphatic imine (C=N–C) groups is 1. The zero-order chi connectivity index (χ0) is 20.4. The van der Waals surface area contributed by atoms with E-state index in [0.29, 0.717) is 33.2 Å². The largest absolute Gasteiger partial charge is 0.379 e. The Morgan fingerprint density at radius 1 is 1.10 bits per heavy atom. The van der Waals surface area contributed by atoms with Crippen LogP contribution in [0.2, 0.25) is 10.0 Å². The van der Waals surface area contributed by atoms with Gasteiger partial charge in [-0.2, -0.15) is 0 Å². The number of nitrogens with zero attached hydrogens (tertiary/aromatic N) is 2. The summed E-state index contributed by atoms with van der Waals surface area (Å²) >= 11 is 13.6. The molecule has 8 heteroatoms. The Kier molecular flexibility index (Phi) is 5.67. The van der Waals surface area contributed by atoms with Gasteiger partial charge >= 0.3 is 0 Å². The summed E-state index contributed by atoms with van der Waals surface area (Å²) in [5.41, 5.74) is 8.81. The molecule has 1 aliphatic rings. The summed E-state index contributed by atoms with van der Waals surface area (Å²) in [4.78, 5) is 9.00. The minimum Gasteiger partial charge on any atom is -0.379 e. The molecule has 0 saturated heterocycles. The van der Waals surface area contributed by atoms with E-state index in [2.05, 4.69) is 10.3 Å². The predicted molar refractivity (Wildman–Crippen MR) is 119 cm³/mol. The highest BCUT2D eigenvalue weighted by Gasteiger charge is 2.38. The van der Waals surface area contributed by atoms with Crippen LogP contribution in [0.25, 0.3) is 0 Å². The van der Waals surface area contributed by atoms with Crippen LogP contribution >= 0.6 is 35.0 Å². The molecular weight excluding hydrogens is 430 g/mol. The number of hydrogen-bond donors (Lipinski definition) is 2. The maximum Gasteiger partial charge on any atom is 0.155 e. The lowest BCUT2D eigenvalue weighted by molar-refractivity contribution is 0.609. The average molecular weight is 447 g/mol. The van der Waals surface area contributed by atoms with E-state index >= 15 is 0 Å². The molecule has 3 N–H and O–H groups in total. The van der Waals surface area contributed by atoms with Crippen LogP contribution in [0.4, 0.5) is 10.1 Å². The number of benzene rings is 2. The van der Waals surface area contributed by atoms with Gasteiger partial charge in [-0.25, -0.2) is 9.38 Å². The van der Waals surface area contributed by atoms with E-state index in [1.165, 1.54) is 23.9 Å². The normalized spacial score (nSPS) is 18.5. The van der Waals surface area contributed by atoms with Crippen LogP contribution in [0.3, 0.4) is 0 Å². The van der Waals surface area contributed by atoms with Crippen LogP contribution in [0, 0.1) is 5.82 Å². The van der Waals surface area contributed by atoms with E-state index in [0.717, 1.165) is 16.8 Å². The zero-order valence-electron chi connectivity index (χ0n) is 15.2. The molecule has 0 fully saturated rings. The molecule has 2 aromatic carbocycles. The van der Waals surface area contributed by atoms with E-state index in [1.54, 1.807) is 24.4 Å². The molecule has 1 atom stereocenters. The summed E-state index contributed by atoms with van der Waals surface area (Å²) in [7, 11) is 0. The molecule has 2 heterocycles. The first-order valence-electron chi connectivity index (χ1n) is 8.85. The van der Waals surface area contributed by atoms with Crippen LogP contribution in [0.15, 0.2) is 65.8 Å². The quantitative estimate of drug-likeness (QED) is 0.547. The topological polar surface area (TPSA) is 63.3 Å². The Labute approximate surface area is 182 Å². The maximum absolute atomic E-state index is 13.5. The van der Waals surface area contributed by atoms with Gasteiger partial charge in [-0.3, -0.25) is 4.98 Å². The fourth-order valence-electron chi connectivity index (χ4n) is 3.26. The van der Waals surface area contributed by atoms with Gasteiger partial charge in [-0.15, -0.1) is 0 Å². The fraction of sp³-hybridized carbons (Fsp3) is 0.143. The molecule has 4 nitrogen and oxygen atoms in total. The van der Waals surface area contributed by atoms with Gasteiger partial charge < -0.3 is 11.1 Å². The highest BCUT2D eigenvalue weighted by Crippen LogP contribution is 2.42. The summed E-state index contributed by atoms with van der Waals surface area (Å²) in [5, 5.41) is 4.86. The molecule has 0 spiro atoms. The summed E-state index contributed by atoms with van der Waals surface area (Å²) < 4.78 is 13.5. The van der Waals surface area contributed by atoms with Crippen molar-refractivity contribution >= 4 is 45.8 Å². The molecule has 1 aromatic heterocycles. The molecule has 4 rings (SSSR count). The van der Waals surface area contributed by atoms with Gasteiger partial charge in [-0.05, 0) is 41.5 Å². The third-order valence-electron chi connectivity index (χ3n) is 4.74. The maximum atomic E-state index is 13.5. The minimum atomic E-state index is -0.656. The third-order valence-corrected chi connectivity index (χ3v) is 6.22. The van der Waals surface area contributed by atoms with Crippen LogP contribution in [-0.2, 0) is 12.1 Å². The van der Waals surface area contributed by atoms with Gasteiger partial charge in [0.2, 0.25) is 0 Å². The first-order valence-corrected chi connectivity index (χ1v) is 10.6. The predicted octanol–water partition coefficient (Wildman–Crippen LogP) is 5.44. The van der Waals surface area contributed by atoms with Crippen molar-refractivity contribution in [2.75, 3.05) is 11.1 Å². The molecule has 1 unspecified atom stereocenters. The van der Waals surface area contributed by atoms with Crippen molar-refractivity contribution in [3.8, 4) is 0 Å². The van der Waals surface area contributed by atoms with Gasteiger partial charge in [-0.1, -0.05) is 59.2 Å². The van der Waals surface area contributed by atoms with Crippen molar-refractivity contribution in [1.82, 2.24) is 4.98 Å². The average Bonchev–Trinajstić information content (AvgIpc) is 3.11. The Bertz CT molecular complexity index is 1070. The second-order valence-corrected chi connectivity index (χ2v) is 8.46. The molecule has 3 aromatic rings. The molecule has 0 aliphatic carbocycles. The Morgan fingerprint density at radius 2 is 1.90 bits per heavy atom. The van der Waals surface area contributed by atoms with Gasteiger partial charge in [0, 0.05) is 17.6 Å². The number of rotatable bonds is 5. The Balaban J connectivity index is 1.64. The van der Waals surface area contributed by atoms with Crippen molar-refractivity contribution in [3.63, 3.8) is 0 Å². The van der Waals surface area contributed by atoms with E-state index in [4.69, 9.17) is 33.9 Å². The lowest BCUT2D eigenvalue weighted by Gasteiger charge is -2.27. The summed E-state index contributed by atoms with van der Waals surface area (Å²) in [6.45, 7) is 0.448. The summed E-state index contributed by atoms with van der Waals surface area (Å²) in [5.74, 6) is 0.368. The Morgan fingerprint density at radius 3 is 2.59 bits per heavy atom. The number of nitrogens with two attached hydrogens (primary N) is 1. The SMILES string of the molecule is NC1=NC(c2ccc(F)cc2)(c2cccc(NCc3ncc(Cl)cc3Cl)c2)CS1. The number of thioether (sulfide) groups is 1. The lowest BCUT2D eigenvalue weighted by atomic mass is 9.85. The van der Waals surface area contributed by atoms with Gasteiger partial charge in [0.15, 0.2) is 5.17 Å². The molecule has 0 amide bonds. The summed E-state index contributed by atoms with van der Waals surface area (Å²) in [6, 6.07) is 16.0. The van der Waals surface area contributed by atoms with E-state index in [9.17, 15) is 4.39 Å². The van der Waals surface area contributed by atoms with Crippen molar-refractivity contribution in [2.24, 2.45) is 10.7 Å². The number of hydrogen-bond acceptors (Lipinski definition) is 5. The van der Waals surface area contributed by atoms with Gasteiger partial charge in [0.25, 0.3) is 0 Å². The minimum absolute atomic E-state index is 0.283. The standard InChI is InChI=1S/C21H17Cl2FN4S/c22-15-9-18(23)19(27-10-15)11-26-17-3-1-2-14(8-17)21(12-29-20(25)28-21)13-4-6-16(24)7-5-13/h1-10,26H,11-12H2,(H2,25,28). The second kappa shape index (κ2) is 8.22. The Hall–Kier alpha value is -2.28. The van der Waals surface area contributed by atoms with Crippen molar-refractivity contribution < 1.29 is 4.39 Å². The van der Waals surface area contributed by atoms with Crippen LogP contribution in [-0.4, -0.2) is 15.9 Å². The highest BCUT2D eigenvalue weighted by molar-refractivity contribution is 8.14. The van der Waals surface area contributed by atoms with Crippen LogP contribution in [0.1, 0.15) is 16.8 Å². The van der Waals surface area contributed by atoms with E-state index in [-0.39, 0.29) is 5.82 Å². The molecule has 0 saturated carbocycles. The monoisotopic (exact) mass is 446 g/mol. The van der Waals surface area contributed by atoms with Crippen molar-refractivity contribution in [2.45, 2.75) is 12.1 Å². The van der Waals surface area contributed by atoms with E-state index in [1.807, 2.05) is 24.3 Å². The van der Waals surface area contributed by atoms with Gasteiger partial charge in [0.05, 0.1) is 22.3 Å². The van der Waals surface area contributed by atoms with Gasteiger partial charge in [0.1, 0.15) is 11.4 Å². The fourth-order valence-corrected chi connectivity index (χ4v) is 4.69. The summed E-state index contributed by atoms with van der Waals surface area (Å²) in [6.07, 6.45) is 1.57. The first-order chi connectivity index (χ1) is 14.0. The number of pyridine rings is 1. The van der Waals surface area contributed by atoms with Crippen molar-refractivity contribution in [3.05, 3.63) is 93.5 Å². The highest BCUT2D eigenvalue weighted by atomic mass is 35.5. The van der Waals surface area contributed by atoms with Crippen LogP contribution < -0.4 is 11.1 Å². The molecule has 29 heavy (non-hydrogen) atoms.